The highest BCUT2D eigenvalue weighted by atomic mass is 32.2. The molecule has 1 aliphatic carbocycles. The molecule has 1 aromatic carbocycles. The minimum atomic E-state index is -3.69. The van der Waals surface area contributed by atoms with Gasteiger partial charge < -0.3 is 20.3 Å². The predicted molar refractivity (Wildman–Crippen MR) is 134 cm³/mol. The lowest BCUT2D eigenvalue weighted by molar-refractivity contribution is 0.144. The van der Waals surface area contributed by atoms with E-state index in [1.807, 2.05) is 0 Å². The normalized spacial score (nSPS) is 14.4. The van der Waals surface area contributed by atoms with Gasteiger partial charge in [0.2, 0.25) is 16.0 Å². The Kier molecular flexibility index (Phi) is 6.85. The van der Waals surface area contributed by atoms with E-state index in [4.69, 9.17) is 5.11 Å². The van der Waals surface area contributed by atoms with E-state index in [1.165, 1.54) is 18.0 Å². The number of carbonyl (C=O) groups is 1. The van der Waals surface area contributed by atoms with Crippen LogP contribution in [0.15, 0.2) is 24.4 Å². The van der Waals surface area contributed by atoms with Gasteiger partial charge in [0.25, 0.3) is 0 Å². The third kappa shape index (κ3) is 5.73. The van der Waals surface area contributed by atoms with Gasteiger partial charge in [0, 0.05) is 37.3 Å². The van der Waals surface area contributed by atoms with Crippen LogP contribution in [0.2, 0.25) is 0 Å². The molecule has 3 aromatic rings. The Morgan fingerprint density at radius 1 is 1.33 bits per heavy atom. The second-order valence-electron chi connectivity index (χ2n) is 9.06. The van der Waals surface area contributed by atoms with Crippen LogP contribution >= 0.6 is 0 Å². The number of aromatic nitrogens is 4. The van der Waals surface area contributed by atoms with Crippen LogP contribution in [-0.4, -0.2) is 70.3 Å². The molecule has 4 N–H and O–H groups in total. The number of hydrogen-bond donors (Lipinski definition) is 4. The molecule has 4 rings (SSSR count). The predicted octanol–water partition coefficient (Wildman–Crippen LogP) is 3.64. The van der Waals surface area contributed by atoms with E-state index in [0.717, 1.165) is 19.1 Å². The first-order valence-electron chi connectivity index (χ1n) is 11.3. The van der Waals surface area contributed by atoms with Crippen LogP contribution in [0.25, 0.3) is 22.6 Å². The molecule has 0 radical (unpaired) electrons. The van der Waals surface area contributed by atoms with Gasteiger partial charge in [-0.25, -0.2) is 32.6 Å². The smallest absolute Gasteiger partial charge is 0.407 e. The number of likely N-dealkylation sites (N-methyl/N-ethyl adjacent to an activating group) is 1. The Labute approximate surface area is 208 Å². The third-order valence-electron chi connectivity index (χ3n) is 5.88. The number of hydrogen-bond acceptors (Lipinski definition) is 7. The fraction of sp³-hybridized carbons (Fsp3) is 0.391. The molecule has 0 saturated heterocycles. The summed E-state index contributed by atoms with van der Waals surface area (Å²) >= 11 is 0. The summed E-state index contributed by atoms with van der Waals surface area (Å²) in [6.45, 7) is 3.78. The highest BCUT2D eigenvalue weighted by Crippen LogP contribution is 2.42. The number of aromatic amines is 1. The van der Waals surface area contributed by atoms with Crippen molar-refractivity contribution in [2.45, 2.75) is 38.6 Å². The lowest BCUT2D eigenvalue weighted by Gasteiger charge is -2.21. The number of benzene rings is 1. The van der Waals surface area contributed by atoms with Crippen LogP contribution in [0.1, 0.15) is 37.1 Å². The largest absolute Gasteiger partial charge is 0.465 e. The summed E-state index contributed by atoms with van der Waals surface area (Å²) in [4.78, 5) is 29.0. The Morgan fingerprint density at radius 3 is 2.69 bits per heavy atom. The number of aryl methyl sites for hydroxylation is 1. The number of rotatable bonds is 9. The molecule has 2 heterocycles. The number of sulfonamides is 1. The highest BCUT2D eigenvalue weighted by molar-refractivity contribution is 7.92. The zero-order valence-electron chi connectivity index (χ0n) is 20.3. The summed E-state index contributed by atoms with van der Waals surface area (Å²) in [6.07, 6.45) is 3.40. The lowest BCUT2D eigenvalue weighted by Crippen LogP contribution is -2.38. The Morgan fingerprint density at radius 2 is 2.06 bits per heavy atom. The lowest BCUT2D eigenvalue weighted by atomic mass is 10.0. The molecular formula is C23H28FN7O4S. The van der Waals surface area contributed by atoms with E-state index in [2.05, 4.69) is 30.0 Å². The fourth-order valence-electron chi connectivity index (χ4n) is 3.68. The van der Waals surface area contributed by atoms with Crippen LogP contribution in [0.4, 0.5) is 20.8 Å². The molecule has 11 nitrogen and oxygen atoms in total. The summed E-state index contributed by atoms with van der Waals surface area (Å²) < 4.78 is 41.3. The van der Waals surface area contributed by atoms with Crippen molar-refractivity contribution in [3.8, 4) is 22.6 Å². The zero-order valence-corrected chi connectivity index (χ0v) is 21.1. The number of imidazole rings is 1. The van der Waals surface area contributed by atoms with E-state index in [0.29, 0.717) is 28.5 Å². The summed E-state index contributed by atoms with van der Waals surface area (Å²) in [5.41, 5.74) is 1.90. The van der Waals surface area contributed by atoms with Crippen LogP contribution in [0, 0.1) is 12.7 Å². The molecule has 1 saturated carbocycles. The van der Waals surface area contributed by atoms with Gasteiger partial charge in [-0.3, -0.25) is 4.72 Å². The van der Waals surface area contributed by atoms with Crippen molar-refractivity contribution in [3.63, 3.8) is 0 Å². The molecule has 1 amide bonds. The van der Waals surface area contributed by atoms with Crippen molar-refractivity contribution < 1.29 is 22.7 Å². The fourth-order valence-corrected chi connectivity index (χ4v) is 4.23. The van der Waals surface area contributed by atoms with E-state index < -0.39 is 21.9 Å². The molecule has 0 unspecified atom stereocenters. The van der Waals surface area contributed by atoms with Crippen molar-refractivity contribution in [2.24, 2.45) is 0 Å². The van der Waals surface area contributed by atoms with Crippen molar-refractivity contribution in [2.75, 3.05) is 29.9 Å². The van der Waals surface area contributed by atoms with Gasteiger partial charge in [-0.2, -0.15) is 0 Å². The Bertz CT molecular complexity index is 1410. The molecule has 1 aliphatic rings. The quantitative estimate of drug-likeness (QED) is 0.336. The SMILES string of the molecule is Cc1cc(NS(C)(=O)=O)c(F)c(-c2nc(C3CC3)[nH]c2-c2ccnc(NC[C@H](C)N(C)C(=O)O)n2)c1. The molecule has 36 heavy (non-hydrogen) atoms. The molecule has 0 spiro atoms. The molecule has 0 bridgehead atoms. The second kappa shape index (κ2) is 9.72. The number of nitrogens with one attached hydrogen (secondary N) is 3. The number of anilines is 2. The highest BCUT2D eigenvalue weighted by Gasteiger charge is 2.30. The van der Waals surface area contributed by atoms with E-state index in [-0.39, 0.29) is 35.7 Å². The maximum Gasteiger partial charge on any atom is 0.407 e. The molecular weight excluding hydrogens is 489 g/mol. The van der Waals surface area contributed by atoms with Crippen molar-refractivity contribution in [1.82, 2.24) is 24.8 Å². The van der Waals surface area contributed by atoms with E-state index in [1.54, 1.807) is 32.2 Å². The number of nitrogens with zero attached hydrogens (tertiary/aromatic N) is 4. The van der Waals surface area contributed by atoms with Gasteiger partial charge in [0.15, 0.2) is 5.82 Å². The van der Waals surface area contributed by atoms with Crippen molar-refractivity contribution >= 4 is 27.8 Å². The van der Waals surface area contributed by atoms with Crippen LogP contribution < -0.4 is 10.0 Å². The molecule has 0 aliphatic heterocycles. The van der Waals surface area contributed by atoms with Gasteiger partial charge in [-0.15, -0.1) is 0 Å². The zero-order chi connectivity index (χ0) is 26.2. The minimum absolute atomic E-state index is 0.143. The Balaban J connectivity index is 1.73. The number of halogens is 1. The molecule has 13 heteroatoms. The summed E-state index contributed by atoms with van der Waals surface area (Å²) in [5, 5.41) is 12.2. The van der Waals surface area contributed by atoms with Gasteiger partial charge in [0.05, 0.1) is 23.3 Å². The third-order valence-corrected chi connectivity index (χ3v) is 6.47. The monoisotopic (exact) mass is 517 g/mol. The standard InChI is InChI=1S/C23H28FN7O4S/c1-12-9-15(18(24)17(10-12)30-36(4,34)35)19-20(29-21(28-19)14-5-6-14)16-7-8-25-22(27-16)26-11-13(2)31(3)23(32)33/h7-10,13-14,30H,5-6,11H2,1-4H3,(H,28,29)(H,32,33)(H,25,26,27)/t13-/m0/s1. The van der Waals surface area contributed by atoms with Crippen LogP contribution in [0.3, 0.4) is 0 Å². The van der Waals surface area contributed by atoms with E-state index >= 15 is 4.39 Å². The van der Waals surface area contributed by atoms with Gasteiger partial charge in [-0.1, -0.05) is 0 Å². The topological polar surface area (TPSA) is 153 Å². The summed E-state index contributed by atoms with van der Waals surface area (Å²) in [7, 11) is -2.22. The van der Waals surface area contributed by atoms with Gasteiger partial charge in [0.1, 0.15) is 11.5 Å². The average Bonchev–Trinajstić information content (AvgIpc) is 3.56. The molecule has 2 aromatic heterocycles. The minimum Gasteiger partial charge on any atom is -0.465 e. The van der Waals surface area contributed by atoms with Crippen LogP contribution in [-0.2, 0) is 10.0 Å². The Hall–Kier alpha value is -3.74. The molecule has 1 fully saturated rings. The number of H-pyrrole nitrogens is 1. The van der Waals surface area contributed by atoms with Crippen molar-refractivity contribution in [1.29, 1.82) is 0 Å². The summed E-state index contributed by atoms with van der Waals surface area (Å²) in [5.74, 6) is 0.490. The van der Waals surface area contributed by atoms with Crippen LogP contribution in [0.5, 0.6) is 0 Å². The average molecular weight is 518 g/mol. The molecule has 192 valence electrons. The van der Waals surface area contributed by atoms with Gasteiger partial charge in [-0.05, 0) is 50.5 Å². The maximum absolute atomic E-state index is 15.5. The summed E-state index contributed by atoms with van der Waals surface area (Å²) in [6, 6.07) is 4.37. The number of amides is 1. The first-order valence-corrected chi connectivity index (χ1v) is 13.2. The first-order chi connectivity index (χ1) is 16.9. The molecule has 1 atom stereocenters. The van der Waals surface area contributed by atoms with Gasteiger partial charge >= 0.3 is 6.09 Å². The maximum atomic E-state index is 15.5. The number of carboxylic acid groups (broad SMARTS) is 1. The van der Waals surface area contributed by atoms with E-state index in [9.17, 15) is 13.2 Å². The first kappa shape index (κ1) is 25.4. The van der Waals surface area contributed by atoms with Crippen molar-refractivity contribution in [3.05, 3.63) is 41.6 Å². The second-order valence-corrected chi connectivity index (χ2v) is 10.8.